The van der Waals surface area contributed by atoms with Crippen molar-refractivity contribution in [3.8, 4) is 6.07 Å². The first-order chi connectivity index (χ1) is 9.11. The molecule has 19 heavy (non-hydrogen) atoms. The molecular weight excluding hydrogens is 306 g/mol. The summed E-state index contributed by atoms with van der Waals surface area (Å²) in [6.07, 6.45) is 1.39. The smallest absolute Gasteiger partial charge is 0.276 e. The Hall–Kier alpha value is -2.19. The second kappa shape index (κ2) is 5.63. The second-order valence-corrected chi connectivity index (χ2v) is 4.80. The zero-order valence-electron chi connectivity index (χ0n) is 10.2. The van der Waals surface area contributed by atoms with Crippen LogP contribution in [0.4, 0.5) is 5.69 Å². The molecule has 0 spiro atoms. The highest BCUT2D eigenvalue weighted by Gasteiger charge is 2.14. The number of rotatable bonds is 2. The highest BCUT2D eigenvalue weighted by atomic mass is 79.9. The molecule has 1 amide bonds. The van der Waals surface area contributed by atoms with E-state index < -0.39 is 0 Å². The lowest BCUT2D eigenvalue weighted by Gasteiger charge is -2.17. The molecule has 1 heterocycles. The van der Waals surface area contributed by atoms with Gasteiger partial charge >= 0.3 is 0 Å². The van der Waals surface area contributed by atoms with Gasteiger partial charge in [0.05, 0.1) is 5.56 Å². The fraction of sp³-hybridized carbons (Fsp3) is 0.0714. The normalized spacial score (nSPS) is 9.74. The van der Waals surface area contributed by atoms with Gasteiger partial charge in [-0.2, -0.15) is 5.26 Å². The Bertz CT molecular complexity index is 646. The number of carbonyl (C=O) groups is 1. The number of anilines is 1. The predicted molar refractivity (Wildman–Crippen MR) is 75.8 cm³/mol. The number of hydrogen-bond acceptors (Lipinski definition) is 3. The number of hydrogen-bond donors (Lipinski definition) is 0. The van der Waals surface area contributed by atoms with Crippen molar-refractivity contribution in [2.24, 2.45) is 0 Å². The van der Waals surface area contributed by atoms with Crippen molar-refractivity contribution in [1.82, 2.24) is 4.98 Å². The van der Waals surface area contributed by atoms with Gasteiger partial charge in [0.15, 0.2) is 0 Å². The summed E-state index contributed by atoms with van der Waals surface area (Å²) in [5, 5.41) is 8.69. The van der Waals surface area contributed by atoms with Gasteiger partial charge in [-0.05, 0) is 30.3 Å². The van der Waals surface area contributed by atoms with E-state index >= 15 is 0 Å². The number of aromatic nitrogens is 1. The summed E-state index contributed by atoms with van der Waals surface area (Å²) < 4.78 is 0.900. The van der Waals surface area contributed by atoms with Crippen LogP contribution in [0.3, 0.4) is 0 Å². The van der Waals surface area contributed by atoms with Gasteiger partial charge in [0.2, 0.25) is 0 Å². The van der Waals surface area contributed by atoms with E-state index in [0.717, 1.165) is 10.2 Å². The molecule has 0 aliphatic carbocycles. The highest BCUT2D eigenvalue weighted by Crippen LogP contribution is 2.20. The van der Waals surface area contributed by atoms with Gasteiger partial charge in [0, 0.05) is 23.4 Å². The lowest BCUT2D eigenvalue weighted by molar-refractivity contribution is 0.0988. The van der Waals surface area contributed by atoms with Crippen LogP contribution in [0.15, 0.2) is 47.1 Å². The fourth-order valence-corrected chi connectivity index (χ4v) is 1.95. The van der Waals surface area contributed by atoms with Crippen molar-refractivity contribution in [2.45, 2.75) is 0 Å². The molecule has 0 fully saturated rings. The number of carbonyl (C=O) groups excluding carboxylic acids is 1. The summed E-state index contributed by atoms with van der Waals surface area (Å²) >= 11 is 3.37. The molecule has 0 aliphatic rings. The minimum atomic E-state index is -0.220. The van der Waals surface area contributed by atoms with E-state index in [9.17, 15) is 4.79 Å². The molecular formula is C14H10BrN3O. The SMILES string of the molecule is CN(C(=O)c1ccc(C#N)cn1)c1cccc(Br)c1. The average molecular weight is 316 g/mol. The Balaban J connectivity index is 2.26. The van der Waals surface area contributed by atoms with Crippen LogP contribution >= 0.6 is 15.9 Å². The maximum atomic E-state index is 12.2. The van der Waals surface area contributed by atoms with Gasteiger partial charge in [0.25, 0.3) is 5.91 Å². The molecule has 94 valence electrons. The number of halogens is 1. The molecule has 0 unspecified atom stereocenters. The molecule has 0 bridgehead atoms. The Kier molecular flexibility index (Phi) is 3.93. The van der Waals surface area contributed by atoms with E-state index in [-0.39, 0.29) is 5.91 Å². The monoisotopic (exact) mass is 315 g/mol. The molecule has 2 aromatic rings. The molecule has 1 aromatic carbocycles. The number of pyridine rings is 1. The molecule has 0 aliphatic heterocycles. The minimum absolute atomic E-state index is 0.220. The van der Waals surface area contributed by atoms with Gasteiger partial charge in [-0.25, -0.2) is 4.98 Å². The van der Waals surface area contributed by atoms with Gasteiger partial charge < -0.3 is 4.90 Å². The first-order valence-electron chi connectivity index (χ1n) is 5.51. The van der Waals surface area contributed by atoms with E-state index in [2.05, 4.69) is 20.9 Å². The van der Waals surface area contributed by atoms with Crippen LogP contribution in [-0.2, 0) is 0 Å². The number of benzene rings is 1. The number of nitriles is 1. The van der Waals surface area contributed by atoms with Gasteiger partial charge in [-0.15, -0.1) is 0 Å². The zero-order valence-corrected chi connectivity index (χ0v) is 11.8. The third-order valence-electron chi connectivity index (χ3n) is 2.61. The first-order valence-corrected chi connectivity index (χ1v) is 6.31. The molecule has 0 atom stereocenters. The van der Waals surface area contributed by atoms with E-state index in [1.807, 2.05) is 30.3 Å². The summed E-state index contributed by atoms with van der Waals surface area (Å²) in [7, 11) is 1.68. The lowest BCUT2D eigenvalue weighted by atomic mass is 10.2. The van der Waals surface area contributed by atoms with Crippen LogP contribution in [0, 0.1) is 11.3 Å². The average Bonchev–Trinajstić information content (AvgIpc) is 2.46. The maximum absolute atomic E-state index is 12.2. The molecule has 1 aromatic heterocycles. The topological polar surface area (TPSA) is 57.0 Å². The predicted octanol–water partition coefficient (Wildman–Crippen LogP) is 2.99. The van der Waals surface area contributed by atoms with Crippen molar-refractivity contribution >= 4 is 27.5 Å². The van der Waals surface area contributed by atoms with Crippen LogP contribution in [0.2, 0.25) is 0 Å². The molecule has 2 rings (SSSR count). The maximum Gasteiger partial charge on any atom is 0.276 e. The van der Waals surface area contributed by atoms with Crippen molar-refractivity contribution < 1.29 is 4.79 Å². The molecule has 0 saturated carbocycles. The van der Waals surface area contributed by atoms with Crippen LogP contribution in [0.5, 0.6) is 0 Å². The Morgan fingerprint density at radius 1 is 1.37 bits per heavy atom. The third kappa shape index (κ3) is 2.98. The molecule has 4 nitrogen and oxygen atoms in total. The highest BCUT2D eigenvalue weighted by molar-refractivity contribution is 9.10. The third-order valence-corrected chi connectivity index (χ3v) is 3.11. The Morgan fingerprint density at radius 3 is 2.74 bits per heavy atom. The molecule has 0 radical (unpaired) electrons. The van der Waals surface area contributed by atoms with Crippen LogP contribution in [0.25, 0.3) is 0 Å². The van der Waals surface area contributed by atoms with Gasteiger partial charge in [-0.3, -0.25) is 4.79 Å². The van der Waals surface area contributed by atoms with Gasteiger partial charge in [-0.1, -0.05) is 22.0 Å². The van der Waals surface area contributed by atoms with E-state index in [0.29, 0.717) is 11.3 Å². The lowest BCUT2D eigenvalue weighted by Crippen LogP contribution is -2.27. The van der Waals surface area contributed by atoms with E-state index in [1.165, 1.54) is 11.1 Å². The van der Waals surface area contributed by atoms with Crippen LogP contribution in [-0.4, -0.2) is 17.9 Å². The molecule has 0 N–H and O–H groups in total. The Labute approximate surface area is 119 Å². The quantitative estimate of drug-likeness (QED) is 0.856. The zero-order chi connectivity index (χ0) is 13.8. The number of nitrogens with zero attached hydrogens (tertiary/aromatic N) is 3. The standard InChI is InChI=1S/C14H10BrN3O/c1-18(12-4-2-3-11(15)7-12)14(19)13-6-5-10(8-16)9-17-13/h2-7,9H,1H3. The van der Waals surface area contributed by atoms with Crippen LogP contribution < -0.4 is 4.90 Å². The Morgan fingerprint density at radius 2 is 2.16 bits per heavy atom. The molecule has 0 saturated heterocycles. The minimum Gasteiger partial charge on any atom is -0.310 e. The molecule has 5 heteroatoms. The first kappa shape index (κ1) is 13.2. The van der Waals surface area contributed by atoms with Crippen LogP contribution in [0.1, 0.15) is 16.1 Å². The van der Waals surface area contributed by atoms with Gasteiger partial charge in [0.1, 0.15) is 11.8 Å². The van der Waals surface area contributed by atoms with Crippen molar-refractivity contribution in [3.05, 3.63) is 58.3 Å². The number of amides is 1. The summed E-state index contributed by atoms with van der Waals surface area (Å²) in [4.78, 5) is 17.7. The summed E-state index contributed by atoms with van der Waals surface area (Å²) in [5.74, 6) is -0.220. The fourth-order valence-electron chi connectivity index (χ4n) is 1.56. The summed E-state index contributed by atoms with van der Waals surface area (Å²) in [6.45, 7) is 0. The largest absolute Gasteiger partial charge is 0.310 e. The van der Waals surface area contributed by atoms with Crippen molar-refractivity contribution in [3.63, 3.8) is 0 Å². The second-order valence-electron chi connectivity index (χ2n) is 3.89. The van der Waals surface area contributed by atoms with Crippen molar-refractivity contribution in [1.29, 1.82) is 5.26 Å². The summed E-state index contributed by atoms with van der Waals surface area (Å²) in [6, 6.07) is 12.5. The van der Waals surface area contributed by atoms with E-state index in [4.69, 9.17) is 5.26 Å². The summed E-state index contributed by atoms with van der Waals surface area (Å²) in [5.41, 5.74) is 1.51. The van der Waals surface area contributed by atoms with Crippen molar-refractivity contribution in [2.75, 3.05) is 11.9 Å². The van der Waals surface area contributed by atoms with E-state index in [1.54, 1.807) is 19.2 Å².